The number of hydrogen-bond donors (Lipinski definition) is 1. The van der Waals surface area contributed by atoms with E-state index < -0.39 is 5.97 Å². The van der Waals surface area contributed by atoms with Crippen LogP contribution in [0.1, 0.15) is 31.1 Å². The first-order valence-electron chi connectivity index (χ1n) is 4.55. The van der Waals surface area contributed by atoms with E-state index in [2.05, 4.69) is 4.98 Å². The summed E-state index contributed by atoms with van der Waals surface area (Å²) in [5.74, 6) is -0.513. The van der Waals surface area contributed by atoms with Crippen LogP contribution in [0.2, 0.25) is 0 Å². The summed E-state index contributed by atoms with van der Waals surface area (Å²) in [5.41, 5.74) is 0.140. The molecule has 0 saturated heterocycles. The molecule has 1 aromatic rings. The van der Waals surface area contributed by atoms with Gasteiger partial charge in [0.2, 0.25) is 0 Å². The number of aromatic nitrogens is 1. The minimum atomic E-state index is -0.996. The molecule has 1 rings (SSSR count). The van der Waals surface area contributed by atoms with E-state index in [9.17, 15) is 4.79 Å². The topological polar surface area (TPSA) is 59.4 Å². The van der Waals surface area contributed by atoms with Crippen LogP contribution in [-0.2, 0) is 0 Å². The lowest BCUT2D eigenvalue weighted by atomic mass is 10.3. The van der Waals surface area contributed by atoms with Crippen molar-refractivity contribution in [3.05, 3.63) is 24.0 Å². The third kappa shape index (κ3) is 3.89. The summed E-state index contributed by atoms with van der Waals surface area (Å²) in [7, 11) is 0. The first-order chi connectivity index (χ1) is 6.74. The summed E-state index contributed by atoms with van der Waals surface area (Å²) in [6.07, 6.45) is 2.76. The van der Waals surface area contributed by atoms with E-state index in [0.29, 0.717) is 12.4 Å². The normalized spacial score (nSPS) is 8.50. The highest BCUT2D eigenvalue weighted by Crippen LogP contribution is 2.10. The predicted molar refractivity (Wildman–Crippen MR) is 53.7 cm³/mol. The molecule has 0 fully saturated rings. The zero-order valence-corrected chi connectivity index (χ0v) is 8.65. The molecule has 0 radical (unpaired) electrons. The highest BCUT2D eigenvalue weighted by molar-refractivity contribution is 5.87. The molecule has 0 unspecified atom stereocenters. The third-order valence-electron chi connectivity index (χ3n) is 1.27. The van der Waals surface area contributed by atoms with Crippen molar-refractivity contribution >= 4 is 5.97 Å². The third-order valence-corrected chi connectivity index (χ3v) is 1.27. The molecular formula is C10H15NO3. The van der Waals surface area contributed by atoms with Crippen molar-refractivity contribution in [2.45, 2.75) is 20.8 Å². The highest BCUT2D eigenvalue weighted by atomic mass is 16.5. The molecule has 1 aromatic heterocycles. The Bertz CT molecular complexity index is 286. The summed E-state index contributed by atoms with van der Waals surface area (Å²) in [6, 6.07) is 1.44. The van der Waals surface area contributed by atoms with Crippen molar-refractivity contribution in [3.63, 3.8) is 0 Å². The number of nitrogens with zero attached hydrogens (tertiary/aromatic N) is 1. The van der Waals surface area contributed by atoms with E-state index >= 15 is 0 Å². The largest absolute Gasteiger partial charge is 0.492 e. The first-order valence-corrected chi connectivity index (χ1v) is 4.55. The smallest absolute Gasteiger partial charge is 0.337 e. The standard InChI is InChI=1S/C8H9NO3.C2H6/c1-2-12-7-3-6(8(10)11)4-9-5-7;1-2/h3-5H,2H2,1H3,(H,10,11);1-2H3. The van der Waals surface area contributed by atoms with Crippen LogP contribution in [0.3, 0.4) is 0 Å². The summed E-state index contributed by atoms with van der Waals surface area (Å²) < 4.78 is 5.07. The Morgan fingerprint density at radius 3 is 2.64 bits per heavy atom. The SMILES string of the molecule is CC.CCOc1cncc(C(=O)O)c1. The van der Waals surface area contributed by atoms with Gasteiger partial charge in [-0.3, -0.25) is 4.98 Å². The van der Waals surface area contributed by atoms with Crippen LogP contribution in [0.4, 0.5) is 0 Å². The van der Waals surface area contributed by atoms with Gasteiger partial charge in [-0.2, -0.15) is 0 Å². The van der Waals surface area contributed by atoms with Crippen LogP contribution >= 0.6 is 0 Å². The van der Waals surface area contributed by atoms with Crippen LogP contribution in [0.5, 0.6) is 5.75 Å². The molecule has 0 amide bonds. The molecule has 0 saturated carbocycles. The molecular weight excluding hydrogens is 182 g/mol. The average molecular weight is 197 g/mol. The zero-order valence-electron chi connectivity index (χ0n) is 8.65. The van der Waals surface area contributed by atoms with Crippen molar-refractivity contribution < 1.29 is 14.6 Å². The number of pyridine rings is 1. The van der Waals surface area contributed by atoms with Crippen LogP contribution in [-0.4, -0.2) is 22.7 Å². The molecule has 1 N–H and O–H groups in total. The second-order valence-corrected chi connectivity index (χ2v) is 2.15. The average Bonchev–Trinajstić information content (AvgIpc) is 2.22. The van der Waals surface area contributed by atoms with Gasteiger partial charge < -0.3 is 9.84 Å². The number of carboxylic acid groups (broad SMARTS) is 1. The molecule has 1 heterocycles. The maximum absolute atomic E-state index is 10.5. The van der Waals surface area contributed by atoms with Crippen molar-refractivity contribution in [3.8, 4) is 5.75 Å². The summed E-state index contributed by atoms with van der Waals surface area (Å²) in [5, 5.41) is 8.58. The minimum absolute atomic E-state index is 0.140. The number of ether oxygens (including phenoxy) is 1. The Hall–Kier alpha value is -1.58. The van der Waals surface area contributed by atoms with Crippen molar-refractivity contribution in [2.24, 2.45) is 0 Å². The second-order valence-electron chi connectivity index (χ2n) is 2.15. The van der Waals surface area contributed by atoms with Gasteiger partial charge in [-0.15, -0.1) is 0 Å². The number of carbonyl (C=O) groups is 1. The van der Waals surface area contributed by atoms with Crippen molar-refractivity contribution in [1.82, 2.24) is 4.98 Å². The van der Waals surface area contributed by atoms with E-state index in [1.807, 2.05) is 20.8 Å². The van der Waals surface area contributed by atoms with Gasteiger partial charge in [-0.05, 0) is 13.0 Å². The molecule has 4 heteroatoms. The Kier molecular flexibility index (Phi) is 6.11. The highest BCUT2D eigenvalue weighted by Gasteiger charge is 2.03. The van der Waals surface area contributed by atoms with E-state index in [1.54, 1.807) is 0 Å². The number of aromatic carboxylic acids is 1. The molecule has 0 atom stereocenters. The van der Waals surface area contributed by atoms with Crippen molar-refractivity contribution in [1.29, 1.82) is 0 Å². The molecule has 4 nitrogen and oxygen atoms in total. The van der Waals surface area contributed by atoms with Gasteiger partial charge in [0.1, 0.15) is 5.75 Å². The van der Waals surface area contributed by atoms with Crippen molar-refractivity contribution in [2.75, 3.05) is 6.61 Å². The van der Waals surface area contributed by atoms with Gasteiger partial charge in [0.15, 0.2) is 0 Å². The van der Waals surface area contributed by atoms with Gasteiger partial charge in [0.05, 0.1) is 18.4 Å². The first kappa shape index (κ1) is 12.4. The molecule has 78 valence electrons. The summed E-state index contributed by atoms with van der Waals surface area (Å²) in [6.45, 7) is 6.33. The monoisotopic (exact) mass is 197 g/mol. The predicted octanol–water partition coefficient (Wildman–Crippen LogP) is 2.20. The molecule has 0 aliphatic heterocycles. The summed E-state index contributed by atoms with van der Waals surface area (Å²) in [4.78, 5) is 14.2. The Morgan fingerprint density at radius 1 is 1.50 bits per heavy atom. The Balaban J connectivity index is 0.000000791. The van der Waals surface area contributed by atoms with E-state index in [0.717, 1.165) is 0 Å². The van der Waals surface area contributed by atoms with Gasteiger partial charge in [-0.25, -0.2) is 4.79 Å². The Labute approximate surface area is 83.6 Å². The van der Waals surface area contributed by atoms with Crippen LogP contribution < -0.4 is 4.74 Å². The number of hydrogen-bond acceptors (Lipinski definition) is 3. The zero-order chi connectivity index (χ0) is 11.0. The minimum Gasteiger partial charge on any atom is -0.492 e. The van der Waals surface area contributed by atoms with Gasteiger partial charge >= 0.3 is 5.97 Å². The fourth-order valence-corrected chi connectivity index (χ4v) is 0.781. The maximum atomic E-state index is 10.5. The molecule has 0 spiro atoms. The lowest BCUT2D eigenvalue weighted by Gasteiger charge is -2.01. The summed E-state index contributed by atoms with van der Waals surface area (Å²) >= 11 is 0. The van der Waals surface area contributed by atoms with Crippen LogP contribution in [0.25, 0.3) is 0 Å². The van der Waals surface area contributed by atoms with Gasteiger partial charge in [0.25, 0.3) is 0 Å². The van der Waals surface area contributed by atoms with E-state index in [-0.39, 0.29) is 5.56 Å². The van der Waals surface area contributed by atoms with Gasteiger partial charge in [-0.1, -0.05) is 13.8 Å². The molecule has 14 heavy (non-hydrogen) atoms. The molecule has 0 aliphatic carbocycles. The Morgan fingerprint density at radius 2 is 2.14 bits per heavy atom. The molecule has 0 bridgehead atoms. The van der Waals surface area contributed by atoms with E-state index in [1.165, 1.54) is 18.5 Å². The lowest BCUT2D eigenvalue weighted by molar-refractivity contribution is 0.0696. The fraction of sp³-hybridized carbons (Fsp3) is 0.400. The fourth-order valence-electron chi connectivity index (χ4n) is 0.781. The quantitative estimate of drug-likeness (QED) is 0.807. The maximum Gasteiger partial charge on any atom is 0.337 e. The second kappa shape index (κ2) is 6.88. The van der Waals surface area contributed by atoms with Crippen LogP contribution in [0, 0.1) is 0 Å². The molecule has 0 aromatic carbocycles. The van der Waals surface area contributed by atoms with Gasteiger partial charge in [0, 0.05) is 6.20 Å². The lowest BCUT2D eigenvalue weighted by Crippen LogP contribution is -1.99. The number of carboxylic acids is 1. The van der Waals surface area contributed by atoms with Crippen LogP contribution in [0.15, 0.2) is 18.5 Å². The number of rotatable bonds is 3. The van der Waals surface area contributed by atoms with E-state index in [4.69, 9.17) is 9.84 Å². The molecule has 0 aliphatic rings.